The SMILES string of the molecule is COC(=O)C1=CC(C#N)=CCC1=S. The summed E-state index contributed by atoms with van der Waals surface area (Å²) in [5.74, 6) is -0.481. The van der Waals surface area contributed by atoms with Crippen molar-refractivity contribution in [2.75, 3.05) is 7.11 Å². The van der Waals surface area contributed by atoms with E-state index >= 15 is 0 Å². The fourth-order valence-corrected chi connectivity index (χ4v) is 1.19. The minimum atomic E-state index is -0.481. The Morgan fingerprint density at radius 1 is 1.77 bits per heavy atom. The summed E-state index contributed by atoms with van der Waals surface area (Å²) in [6.45, 7) is 0. The van der Waals surface area contributed by atoms with Crippen molar-refractivity contribution in [3.05, 3.63) is 23.3 Å². The maximum atomic E-state index is 11.1. The molecule has 0 atom stereocenters. The summed E-state index contributed by atoms with van der Waals surface area (Å²) in [6.07, 6.45) is 3.60. The average molecular weight is 193 g/mol. The predicted octanol–water partition coefficient (Wildman–Crippen LogP) is 1.31. The lowest BCUT2D eigenvalue weighted by Gasteiger charge is -2.09. The number of nitrogens with zero attached hydrogens (tertiary/aromatic N) is 1. The van der Waals surface area contributed by atoms with E-state index in [0.717, 1.165) is 0 Å². The molecule has 0 spiro atoms. The van der Waals surface area contributed by atoms with Crippen LogP contribution in [0.5, 0.6) is 0 Å². The maximum absolute atomic E-state index is 11.1. The Morgan fingerprint density at radius 2 is 2.46 bits per heavy atom. The van der Waals surface area contributed by atoms with Gasteiger partial charge < -0.3 is 4.74 Å². The van der Waals surface area contributed by atoms with E-state index in [1.165, 1.54) is 13.2 Å². The molecular formula is C9H7NO2S. The Morgan fingerprint density at radius 3 is 3.00 bits per heavy atom. The topological polar surface area (TPSA) is 50.1 Å². The van der Waals surface area contributed by atoms with Crippen LogP contribution in [0.25, 0.3) is 0 Å². The molecule has 0 aromatic carbocycles. The number of thiocarbonyl (C=S) groups is 1. The molecule has 0 aliphatic heterocycles. The lowest BCUT2D eigenvalue weighted by Crippen LogP contribution is -2.14. The molecule has 1 aliphatic rings. The number of nitriles is 1. The van der Waals surface area contributed by atoms with Gasteiger partial charge in [0, 0.05) is 16.9 Å². The van der Waals surface area contributed by atoms with Gasteiger partial charge >= 0.3 is 5.97 Å². The van der Waals surface area contributed by atoms with Gasteiger partial charge in [-0.25, -0.2) is 4.79 Å². The first kappa shape index (κ1) is 9.62. The van der Waals surface area contributed by atoms with E-state index in [1.807, 2.05) is 6.07 Å². The summed E-state index contributed by atoms with van der Waals surface area (Å²) in [5, 5.41) is 8.59. The van der Waals surface area contributed by atoms with Crippen LogP contribution < -0.4 is 0 Å². The fraction of sp³-hybridized carbons (Fsp3) is 0.222. The maximum Gasteiger partial charge on any atom is 0.339 e. The van der Waals surface area contributed by atoms with Crippen LogP contribution in [0.3, 0.4) is 0 Å². The molecule has 0 saturated carbocycles. The van der Waals surface area contributed by atoms with E-state index in [2.05, 4.69) is 4.74 Å². The van der Waals surface area contributed by atoms with Gasteiger partial charge in [-0.1, -0.05) is 18.3 Å². The zero-order valence-corrected chi connectivity index (χ0v) is 7.85. The van der Waals surface area contributed by atoms with Crippen LogP contribution in [0, 0.1) is 11.3 Å². The van der Waals surface area contributed by atoms with Gasteiger partial charge in [-0.3, -0.25) is 0 Å². The smallest absolute Gasteiger partial charge is 0.339 e. The van der Waals surface area contributed by atoms with Crippen molar-refractivity contribution in [1.29, 1.82) is 5.26 Å². The first-order valence-electron chi connectivity index (χ1n) is 3.62. The molecule has 0 N–H and O–H groups in total. The van der Waals surface area contributed by atoms with Crippen LogP contribution in [0.15, 0.2) is 23.3 Å². The number of methoxy groups -OCH3 is 1. The minimum absolute atomic E-state index is 0.316. The molecule has 0 saturated heterocycles. The van der Waals surface area contributed by atoms with Crippen LogP contribution in [0.1, 0.15) is 6.42 Å². The van der Waals surface area contributed by atoms with Crippen LogP contribution in [0.2, 0.25) is 0 Å². The van der Waals surface area contributed by atoms with Gasteiger partial charge in [0.25, 0.3) is 0 Å². The van der Waals surface area contributed by atoms with Gasteiger partial charge in [-0.2, -0.15) is 5.26 Å². The molecule has 0 radical (unpaired) electrons. The van der Waals surface area contributed by atoms with Crippen molar-refractivity contribution in [2.24, 2.45) is 0 Å². The zero-order valence-electron chi connectivity index (χ0n) is 7.03. The van der Waals surface area contributed by atoms with Gasteiger partial charge in [0.05, 0.1) is 18.8 Å². The number of allylic oxidation sites excluding steroid dienone is 3. The number of hydrogen-bond donors (Lipinski definition) is 0. The van der Waals surface area contributed by atoms with Gasteiger partial charge in [0.1, 0.15) is 0 Å². The minimum Gasteiger partial charge on any atom is -0.465 e. The standard InChI is InChI=1S/C9H7NO2S/c1-12-9(11)7-4-6(5-10)2-3-8(7)13/h2,4H,3H2,1H3. The summed E-state index contributed by atoms with van der Waals surface area (Å²) in [6, 6.07) is 1.95. The molecule has 0 bridgehead atoms. The molecular weight excluding hydrogens is 186 g/mol. The number of carbonyl (C=O) groups excluding carboxylic acids is 1. The molecule has 1 aliphatic carbocycles. The Bertz CT molecular complexity index is 360. The van der Waals surface area contributed by atoms with Gasteiger partial charge in [0.2, 0.25) is 0 Å². The molecule has 0 aromatic heterocycles. The van der Waals surface area contributed by atoms with E-state index in [-0.39, 0.29) is 0 Å². The summed E-state index contributed by atoms with van der Waals surface area (Å²) in [5.41, 5.74) is 0.769. The van der Waals surface area contributed by atoms with Crippen LogP contribution in [0.4, 0.5) is 0 Å². The van der Waals surface area contributed by atoms with Crippen molar-refractivity contribution in [2.45, 2.75) is 6.42 Å². The predicted molar refractivity (Wildman–Crippen MR) is 51.0 cm³/mol. The van der Waals surface area contributed by atoms with Crippen molar-refractivity contribution >= 4 is 23.1 Å². The molecule has 3 nitrogen and oxygen atoms in total. The molecule has 1 rings (SSSR count). The number of rotatable bonds is 1. The number of carbonyl (C=O) groups is 1. The Hall–Kier alpha value is -1.47. The van der Waals surface area contributed by atoms with Crippen molar-refractivity contribution in [3.8, 4) is 6.07 Å². The lowest BCUT2D eigenvalue weighted by molar-refractivity contribution is -0.135. The molecule has 13 heavy (non-hydrogen) atoms. The van der Waals surface area contributed by atoms with Crippen LogP contribution >= 0.6 is 12.2 Å². The Labute approximate surface area is 81.3 Å². The molecule has 4 heteroatoms. The summed E-state index contributed by atoms with van der Waals surface area (Å²) >= 11 is 4.95. The Balaban J connectivity index is 3.00. The van der Waals surface area contributed by atoms with E-state index in [1.54, 1.807) is 6.08 Å². The highest BCUT2D eigenvalue weighted by atomic mass is 32.1. The quantitative estimate of drug-likeness (QED) is 0.465. The van der Waals surface area contributed by atoms with Crippen molar-refractivity contribution < 1.29 is 9.53 Å². The molecule has 0 heterocycles. The average Bonchev–Trinajstić information content (AvgIpc) is 2.17. The second-order valence-corrected chi connectivity index (χ2v) is 2.94. The first-order valence-corrected chi connectivity index (χ1v) is 4.03. The van der Waals surface area contributed by atoms with Crippen LogP contribution in [-0.2, 0) is 9.53 Å². The third kappa shape index (κ3) is 2.01. The van der Waals surface area contributed by atoms with E-state index in [9.17, 15) is 4.79 Å². The highest BCUT2D eigenvalue weighted by Crippen LogP contribution is 2.16. The summed E-state index contributed by atoms with van der Waals surface area (Å²) in [7, 11) is 1.29. The normalized spacial score (nSPS) is 15.5. The monoisotopic (exact) mass is 193 g/mol. The van der Waals surface area contributed by atoms with E-state index < -0.39 is 5.97 Å². The molecule has 0 fully saturated rings. The molecule has 0 aromatic rings. The highest BCUT2D eigenvalue weighted by Gasteiger charge is 2.18. The van der Waals surface area contributed by atoms with Gasteiger partial charge in [-0.15, -0.1) is 0 Å². The largest absolute Gasteiger partial charge is 0.465 e. The van der Waals surface area contributed by atoms with Gasteiger partial charge in [-0.05, 0) is 6.08 Å². The lowest BCUT2D eigenvalue weighted by atomic mass is 10.00. The second-order valence-electron chi connectivity index (χ2n) is 2.45. The summed E-state index contributed by atoms with van der Waals surface area (Å²) in [4.78, 5) is 11.6. The molecule has 66 valence electrons. The second kappa shape index (κ2) is 3.97. The number of esters is 1. The third-order valence-corrected chi connectivity index (χ3v) is 2.03. The Kier molecular flexibility index (Phi) is 2.93. The van der Waals surface area contributed by atoms with Crippen molar-refractivity contribution in [1.82, 2.24) is 0 Å². The fourth-order valence-electron chi connectivity index (χ4n) is 0.968. The molecule has 0 unspecified atom stereocenters. The van der Waals surface area contributed by atoms with Crippen LogP contribution in [-0.4, -0.2) is 17.9 Å². The number of ether oxygens (including phenoxy) is 1. The number of hydrogen-bond acceptors (Lipinski definition) is 4. The third-order valence-electron chi connectivity index (χ3n) is 1.64. The first-order chi connectivity index (χ1) is 6.19. The zero-order chi connectivity index (χ0) is 9.84. The molecule has 0 amide bonds. The van der Waals surface area contributed by atoms with E-state index in [0.29, 0.717) is 22.4 Å². The highest BCUT2D eigenvalue weighted by molar-refractivity contribution is 7.81. The summed E-state index contributed by atoms with van der Waals surface area (Å²) < 4.78 is 4.52. The van der Waals surface area contributed by atoms with E-state index in [4.69, 9.17) is 17.5 Å². The van der Waals surface area contributed by atoms with Gasteiger partial charge in [0.15, 0.2) is 0 Å². The van der Waals surface area contributed by atoms with Crippen molar-refractivity contribution in [3.63, 3.8) is 0 Å².